The van der Waals surface area contributed by atoms with Gasteiger partial charge in [-0.15, -0.1) is 11.3 Å². The lowest BCUT2D eigenvalue weighted by Crippen LogP contribution is -2.22. The van der Waals surface area contributed by atoms with E-state index < -0.39 is 5.91 Å². The van der Waals surface area contributed by atoms with Gasteiger partial charge in [0.1, 0.15) is 0 Å². The normalized spacial score (nSPS) is 11.5. The van der Waals surface area contributed by atoms with E-state index in [0.29, 0.717) is 16.9 Å². The zero-order valence-electron chi connectivity index (χ0n) is 13.9. The number of furan rings is 1. The molecule has 0 radical (unpaired) electrons. The van der Waals surface area contributed by atoms with Gasteiger partial charge in [0.25, 0.3) is 5.91 Å². The minimum absolute atomic E-state index is 0.145. The molecule has 2 heterocycles. The van der Waals surface area contributed by atoms with Gasteiger partial charge in [0.2, 0.25) is 0 Å². The monoisotopic (exact) mass is 355 g/mol. The average Bonchev–Trinajstić information content (AvgIpc) is 3.25. The number of benzene rings is 1. The van der Waals surface area contributed by atoms with E-state index in [-0.39, 0.29) is 11.7 Å². The van der Waals surface area contributed by atoms with Crippen molar-refractivity contribution >= 4 is 23.2 Å². The van der Waals surface area contributed by atoms with E-state index >= 15 is 0 Å². The summed E-state index contributed by atoms with van der Waals surface area (Å²) in [6, 6.07) is 10.6. The molecule has 0 aliphatic heterocycles. The van der Waals surface area contributed by atoms with Gasteiger partial charge in [-0.2, -0.15) is 4.99 Å². The van der Waals surface area contributed by atoms with Crippen molar-refractivity contribution in [2.24, 2.45) is 4.99 Å². The van der Waals surface area contributed by atoms with E-state index in [9.17, 15) is 9.59 Å². The number of thiazole rings is 1. The standard InChI is InChI=1S/C18H17N3O3S/c1-12-10-21(11-13-6-3-4-7-14(13)16(22)19-2)18(25-12)20-17(23)15-8-5-9-24-15/h3-10H,11H2,1-2H3,(H,19,22). The summed E-state index contributed by atoms with van der Waals surface area (Å²) in [7, 11) is 1.60. The largest absolute Gasteiger partial charge is 0.459 e. The van der Waals surface area contributed by atoms with Crippen LogP contribution in [-0.4, -0.2) is 23.4 Å². The molecule has 25 heavy (non-hydrogen) atoms. The maximum Gasteiger partial charge on any atom is 0.315 e. The number of hydrogen-bond acceptors (Lipinski definition) is 4. The Bertz CT molecular complexity index is 968. The van der Waals surface area contributed by atoms with Crippen LogP contribution < -0.4 is 10.1 Å². The van der Waals surface area contributed by atoms with Crippen molar-refractivity contribution in [3.63, 3.8) is 0 Å². The SMILES string of the molecule is CNC(=O)c1ccccc1Cn1cc(C)sc1=NC(=O)c1ccco1. The predicted octanol–water partition coefficient (Wildman–Crippen LogP) is 2.60. The van der Waals surface area contributed by atoms with Crippen LogP contribution in [0.4, 0.5) is 0 Å². The van der Waals surface area contributed by atoms with Crippen molar-refractivity contribution in [1.29, 1.82) is 0 Å². The van der Waals surface area contributed by atoms with Gasteiger partial charge in [-0.3, -0.25) is 9.59 Å². The highest BCUT2D eigenvalue weighted by Gasteiger charge is 2.12. The number of nitrogens with one attached hydrogen (secondary N) is 1. The van der Waals surface area contributed by atoms with Crippen molar-refractivity contribution < 1.29 is 14.0 Å². The first-order chi connectivity index (χ1) is 12.1. The van der Waals surface area contributed by atoms with Crippen LogP contribution >= 0.6 is 11.3 Å². The molecule has 0 saturated heterocycles. The fraction of sp³-hybridized carbons (Fsp3) is 0.167. The molecule has 0 saturated carbocycles. The molecule has 7 heteroatoms. The summed E-state index contributed by atoms with van der Waals surface area (Å²) in [5.74, 6) is -0.378. The summed E-state index contributed by atoms with van der Waals surface area (Å²) in [4.78, 5) is 30.0. The van der Waals surface area contributed by atoms with Crippen molar-refractivity contribution in [1.82, 2.24) is 9.88 Å². The number of aromatic nitrogens is 1. The molecule has 0 fully saturated rings. The van der Waals surface area contributed by atoms with Crippen LogP contribution in [0.1, 0.15) is 31.4 Å². The molecule has 2 amide bonds. The maximum absolute atomic E-state index is 12.2. The first kappa shape index (κ1) is 16.9. The zero-order valence-corrected chi connectivity index (χ0v) is 14.7. The maximum atomic E-state index is 12.2. The molecule has 128 valence electrons. The summed E-state index contributed by atoms with van der Waals surface area (Å²) in [6.45, 7) is 2.39. The Morgan fingerprint density at radius 3 is 2.76 bits per heavy atom. The molecule has 0 unspecified atom stereocenters. The van der Waals surface area contributed by atoms with Crippen LogP contribution in [-0.2, 0) is 6.54 Å². The van der Waals surface area contributed by atoms with Gasteiger partial charge in [-0.1, -0.05) is 18.2 Å². The summed E-state index contributed by atoms with van der Waals surface area (Å²) in [5, 5.41) is 2.64. The van der Waals surface area contributed by atoms with E-state index in [2.05, 4.69) is 10.3 Å². The molecule has 2 aromatic heterocycles. The van der Waals surface area contributed by atoms with Crippen LogP contribution in [0.3, 0.4) is 0 Å². The number of rotatable bonds is 4. The number of aryl methyl sites for hydroxylation is 1. The molecule has 0 spiro atoms. The Labute approximate surface area is 148 Å². The molecular formula is C18H17N3O3S. The van der Waals surface area contributed by atoms with Gasteiger partial charge >= 0.3 is 5.91 Å². The van der Waals surface area contributed by atoms with E-state index in [4.69, 9.17) is 4.42 Å². The molecule has 1 N–H and O–H groups in total. The lowest BCUT2D eigenvalue weighted by atomic mass is 10.1. The number of amides is 2. The van der Waals surface area contributed by atoms with Crippen molar-refractivity contribution in [3.8, 4) is 0 Å². The predicted molar refractivity (Wildman–Crippen MR) is 94.6 cm³/mol. The van der Waals surface area contributed by atoms with Crippen LogP contribution in [0.25, 0.3) is 0 Å². The van der Waals surface area contributed by atoms with E-state index in [0.717, 1.165) is 10.4 Å². The second-order valence-corrected chi connectivity index (χ2v) is 6.60. The Hall–Kier alpha value is -2.93. The minimum Gasteiger partial charge on any atom is -0.459 e. The zero-order chi connectivity index (χ0) is 17.8. The quantitative estimate of drug-likeness (QED) is 0.781. The number of carbonyl (C=O) groups is 2. The third-order valence-electron chi connectivity index (χ3n) is 3.59. The summed E-state index contributed by atoms with van der Waals surface area (Å²) in [6.07, 6.45) is 3.36. The second kappa shape index (κ2) is 7.31. The highest BCUT2D eigenvalue weighted by molar-refractivity contribution is 7.09. The van der Waals surface area contributed by atoms with Crippen LogP contribution in [0, 0.1) is 6.92 Å². The Balaban J connectivity index is 1.98. The molecule has 1 aromatic carbocycles. The summed E-state index contributed by atoms with van der Waals surface area (Å²) in [5.41, 5.74) is 1.45. The second-order valence-electron chi connectivity index (χ2n) is 5.38. The highest BCUT2D eigenvalue weighted by Crippen LogP contribution is 2.12. The highest BCUT2D eigenvalue weighted by atomic mass is 32.1. The van der Waals surface area contributed by atoms with E-state index in [1.807, 2.05) is 35.9 Å². The third kappa shape index (κ3) is 3.77. The molecule has 0 atom stereocenters. The summed E-state index contributed by atoms with van der Waals surface area (Å²) < 4.78 is 6.96. The topological polar surface area (TPSA) is 76.6 Å². The van der Waals surface area contributed by atoms with Crippen LogP contribution in [0.15, 0.2) is 58.3 Å². The van der Waals surface area contributed by atoms with E-state index in [1.165, 1.54) is 17.6 Å². The average molecular weight is 355 g/mol. The van der Waals surface area contributed by atoms with Crippen LogP contribution in [0.5, 0.6) is 0 Å². The Morgan fingerprint density at radius 1 is 1.24 bits per heavy atom. The van der Waals surface area contributed by atoms with Crippen LogP contribution in [0.2, 0.25) is 0 Å². The minimum atomic E-state index is -0.430. The number of nitrogens with zero attached hydrogens (tertiary/aromatic N) is 2. The van der Waals surface area contributed by atoms with E-state index in [1.54, 1.807) is 25.2 Å². The van der Waals surface area contributed by atoms with Gasteiger partial charge in [0.05, 0.1) is 12.8 Å². The molecule has 0 aliphatic rings. The van der Waals surface area contributed by atoms with Gasteiger partial charge in [-0.05, 0) is 30.7 Å². The fourth-order valence-electron chi connectivity index (χ4n) is 2.44. The number of carbonyl (C=O) groups excluding carboxylic acids is 2. The first-order valence-electron chi connectivity index (χ1n) is 7.68. The fourth-order valence-corrected chi connectivity index (χ4v) is 3.28. The molecule has 0 bridgehead atoms. The van der Waals surface area contributed by atoms with Crippen molar-refractivity contribution in [2.45, 2.75) is 13.5 Å². The van der Waals surface area contributed by atoms with Crippen molar-refractivity contribution in [3.05, 3.63) is 75.4 Å². The van der Waals surface area contributed by atoms with Gasteiger partial charge in [-0.25, -0.2) is 0 Å². The van der Waals surface area contributed by atoms with Crippen molar-refractivity contribution in [2.75, 3.05) is 7.05 Å². The lowest BCUT2D eigenvalue weighted by Gasteiger charge is -2.09. The first-order valence-corrected chi connectivity index (χ1v) is 8.49. The molecule has 3 rings (SSSR count). The van der Waals surface area contributed by atoms with Gasteiger partial charge < -0.3 is 14.3 Å². The molecule has 0 aliphatic carbocycles. The smallest absolute Gasteiger partial charge is 0.315 e. The summed E-state index contributed by atoms with van der Waals surface area (Å²) >= 11 is 1.41. The number of hydrogen-bond donors (Lipinski definition) is 1. The van der Waals surface area contributed by atoms with Gasteiger partial charge in [0.15, 0.2) is 10.6 Å². The molecular weight excluding hydrogens is 338 g/mol. The molecule has 6 nitrogen and oxygen atoms in total. The Kier molecular flexibility index (Phi) is 4.95. The lowest BCUT2D eigenvalue weighted by molar-refractivity contribution is 0.0957. The Morgan fingerprint density at radius 2 is 2.04 bits per heavy atom. The van der Waals surface area contributed by atoms with Gasteiger partial charge in [0, 0.05) is 23.7 Å². The molecule has 3 aromatic rings. The third-order valence-corrected chi connectivity index (χ3v) is 4.53.